The van der Waals surface area contributed by atoms with Gasteiger partial charge in [-0.2, -0.15) is 0 Å². The molecule has 2 N–H and O–H groups in total. The van der Waals surface area contributed by atoms with E-state index < -0.39 is 0 Å². The molecule has 0 aliphatic rings. The lowest BCUT2D eigenvalue weighted by Crippen LogP contribution is -2.11. The van der Waals surface area contributed by atoms with Crippen LogP contribution in [0.15, 0.2) is 35.7 Å². The van der Waals surface area contributed by atoms with Gasteiger partial charge in [0.15, 0.2) is 0 Å². The number of anilines is 1. The number of fused-ring (bicyclic) bond motifs is 1. The number of thiophene rings is 1. The highest BCUT2D eigenvalue weighted by molar-refractivity contribution is 7.10. The Bertz CT molecular complexity index is 698. The van der Waals surface area contributed by atoms with Crippen LogP contribution in [0.1, 0.15) is 29.8 Å². The zero-order valence-electron chi connectivity index (χ0n) is 11.1. The zero-order valence-corrected chi connectivity index (χ0v) is 11.9. The topological polar surface area (TPSA) is 43.8 Å². The van der Waals surface area contributed by atoms with Crippen LogP contribution in [0.25, 0.3) is 11.0 Å². The Morgan fingerprint density at radius 3 is 2.89 bits per heavy atom. The van der Waals surface area contributed by atoms with E-state index in [0.717, 1.165) is 17.5 Å². The molecule has 3 nitrogen and oxygen atoms in total. The molecule has 98 valence electrons. The van der Waals surface area contributed by atoms with Gasteiger partial charge in [0.2, 0.25) is 5.95 Å². The van der Waals surface area contributed by atoms with Crippen molar-refractivity contribution in [3.63, 3.8) is 0 Å². The number of nitrogens with zero attached hydrogens (tertiary/aromatic N) is 2. The van der Waals surface area contributed by atoms with Crippen LogP contribution in [-0.4, -0.2) is 9.55 Å². The van der Waals surface area contributed by atoms with Gasteiger partial charge in [-0.15, -0.1) is 11.3 Å². The molecule has 2 aromatic heterocycles. The fourth-order valence-electron chi connectivity index (χ4n) is 2.54. The third kappa shape index (κ3) is 2.02. The van der Waals surface area contributed by atoms with Crippen molar-refractivity contribution in [2.75, 3.05) is 5.73 Å². The third-order valence-electron chi connectivity index (χ3n) is 3.44. The number of aryl methyl sites for hydroxylation is 1. The van der Waals surface area contributed by atoms with Gasteiger partial charge in [-0.05, 0) is 42.5 Å². The average molecular weight is 271 g/mol. The minimum absolute atomic E-state index is 0.270. The van der Waals surface area contributed by atoms with Gasteiger partial charge >= 0.3 is 0 Å². The summed E-state index contributed by atoms with van der Waals surface area (Å²) < 4.78 is 2.16. The molecule has 0 saturated carbocycles. The molecule has 4 heteroatoms. The van der Waals surface area contributed by atoms with Gasteiger partial charge < -0.3 is 10.3 Å². The van der Waals surface area contributed by atoms with E-state index in [1.165, 1.54) is 10.4 Å². The number of hydrogen-bond donors (Lipinski definition) is 1. The predicted octanol–water partition coefficient (Wildman–Crippen LogP) is 3.99. The standard InChI is InChI=1S/C15H17N3S/c1-3-12(14-5-4-8-19-14)18-13-9-10(2)6-7-11(13)17-15(18)16/h4-9,12H,3H2,1-2H3,(H2,16,17). The second-order valence-electron chi connectivity index (χ2n) is 4.77. The Labute approximate surface area is 116 Å². The van der Waals surface area contributed by atoms with Gasteiger partial charge in [-0.1, -0.05) is 19.1 Å². The van der Waals surface area contributed by atoms with Crippen LogP contribution in [-0.2, 0) is 0 Å². The highest BCUT2D eigenvalue weighted by Crippen LogP contribution is 2.32. The van der Waals surface area contributed by atoms with E-state index in [0.29, 0.717) is 5.95 Å². The normalized spacial score (nSPS) is 12.9. The summed E-state index contributed by atoms with van der Waals surface area (Å²) >= 11 is 1.77. The summed E-state index contributed by atoms with van der Waals surface area (Å²) in [7, 11) is 0. The van der Waals surface area contributed by atoms with Gasteiger partial charge in [0, 0.05) is 4.88 Å². The van der Waals surface area contributed by atoms with Crippen molar-refractivity contribution >= 4 is 28.3 Å². The van der Waals surface area contributed by atoms with Crippen LogP contribution in [0.2, 0.25) is 0 Å². The first-order chi connectivity index (χ1) is 9.20. The Hall–Kier alpha value is -1.81. The summed E-state index contributed by atoms with van der Waals surface area (Å²) in [5.41, 5.74) is 9.47. The molecule has 1 unspecified atom stereocenters. The van der Waals surface area contributed by atoms with Gasteiger partial charge in [0.05, 0.1) is 17.1 Å². The second kappa shape index (κ2) is 4.70. The molecule has 0 fully saturated rings. The minimum Gasteiger partial charge on any atom is -0.369 e. The molecular weight excluding hydrogens is 254 g/mol. The predicted molar refractivity (Wildman–Crippen MR) is 81.6 cm³/mol. The summed E-state index contributed by atoms with van der Waals surface area (Å²) in [4.78, 5) is 5.81. The molecular formula is C15H17N3S. The number of hydrogen-bond acceptors (Lipinski definition) is 3. The first-order valence-electron chi connectivity index (χ1n) is 6.48. The Balaban J connectivity index is 2.23. The smallest absolute Gasteiger partial charge is 0.201 e. The molecule has 2 heterocycles. The fourth-order valence-corrected chi connectivity index (χ4v) is 3.44. The fraction of sp³-hybridized carbons (Fsp3) is 0.267. The molecule has 0 radical (unpaired) electrons. The second-order valence-corrected chi connectivity index (χ2v) is 5.75. The number of nitrogen functional groups attached to an aromatic ring is 1. The van der Waals surface area contributed by atoms with Crippen molar-refractivity contribution in [3.8, 4) is 0 Å². The molecule has 3 aromatic rings. The summed E-state index contributed by atoms with van der Waals surface area (Å²) in [6.45, 7) is 4.28. The Kier molecular flexibility index (Phi) is 3.03. The lowest BCUT2D eigenvalue weighted by Gasteiger charge is -2.17. The summed E-state index contributed by atoms with van der Waals surface area (Å²) in [5, 5.41) is 2.11. The number of imidazole rings is 1. The van der Waals surface area contributed by atoms with E-state index >= 15 is 0 Å². The molecule has 3 rings (SSSR count). The summed E-state index contributed by atoms with van der Waals surface area (Å²) in [6, 6.07) is 10.8. The van der Waals surface area contributed by atoms with Crippen LogP contribution in [0.3, 0.4) is 0 Å². The first-order valence-corrected chi connectivity index (χ1v) is 7.36. The molecule has 1 aromatic carbocycles. The minimum atomic E-state index is 0.270. The van der Waals surface area contributed by atoms with Crippen LogP contribution < -0.4 is 5.73 Å². The van der Waals surface area contributed by atoms with E-state index in [1.54, 1.807) is 11.3 Å². The van der Waals surface area contributed by atoms with Crippen LogP contribution in [0.5, 0.6) is 0 Å². The summed E-state index contributed by atoms with van der Waals surface area (Å²) in [5.74, 6) is 0.598. The van der Waals surface area contributed by atoms with Crippen molar-refractivity contribution in [1.82, 2.24) is 9.55 Å². The van der Waals surface area contributed by atoms with E-state index in [-0.39, 0.29) is 6.04 Å². The van der Waals surface area contributed by atoms with E-state index in [9.17, 15) is 0 Å². The number of nitrogens with two attached hydrogens (primary N) is 1. The van der Waals surface area contributed by atoms with Gasteiger partial charge in [0.1, 0.15) is 0 Å². The molecule has 1 atom stereocenters. The third-order valence-corrected chi connectivity index (χ3v) is 4.42. The van der Waals surface area contributed by atoms with Crippen molar-refractivity contribution < 1.29 is 0 Å². The lowest BCUT2D eigenvalue weighted by atomic mass is 10.1. The highest BCUT2D eigenvalue weighted by atomic mass is 32.1. The maximum atomic E-state index is 6.14. The molecule has 0 amide bonds. The zero-order chi connectivity index (χ0) is 13.4. The monoisotopic (exact) mass is 271 g/mol. The van der Waals surface area contributed by atoms with E-state index in [1.807, 2.05) is 6.07 Å². The summed E-state index contributed by atoms with van der Waals surface area (Å²) in [6.07, 6.45) is 1.00. The van der Waals surface area contributed by atoms with Gasteiger partial charge in [0.25, 0.3) is 0 Å². The van der Waals surface area contributed by atoms with Crippen molar-refractivity contribution in [3.05, 3.63) is 46.2 Å². The molecule has 0 saturated heterocycles. The van der Waals surface area contributed by atoms with Crippen LogP contribution >= 0.6 is 11.3 Å². The quantitative estimate of drug-likeness (QED) is 0.782. The Morgan fingerprint density at radius 2 is 2.21 bits per heavy atom. The van der Waals surface area contributed by atoms with Gasteiger partial charge in [-0.3, -0.25) is 0 Å². The average Bonchev–Trinajstić information content (AvgIpc) is 3.00. The maximum absolute atomic E-state index is 6.14. The number of aromatic nitrogens is 2. The van der Waals surface area contributed by atoms with Crippen LogP contribution in [0.4, 0.5) is 5.95 Å². The van der Waals surface area contributed by atoms with Crippen molar-refractivity contribution in [2.45, 2.75) is 26.3 Å². The van der Waals surface area contributed by atoms with Crippen molar-refractivity contribution in [2.24, 2.45) is 0 Å². The molecule has 19 heavy (non-hydrogen) atoms. The van der Waals surface area contributed by atoms with E-state index in [4.69, 9.17) is 5.73 Å². The molecule has 0 aliphatic heterocycles. The molecule has 0 spiro atoms. The van der Waals surface area contributed by atoms with Crippen molar-refractivity contribution in [1.29, 1.82) is 0 Å². The highest BCUT2D eigenvalue weighted by Gasteiger charge is 2.18. The lowest BCUT2D eigenvalue weighted by molar-refractivity contribution is 0.599. The molecule has 0 bridgehead atoms. The maximum Gasteiger partial charge on any atom is 0.201 e. The Morgan fingerprint density at radius 1 is 1.37 bits per heavy atom. The van der Waals surface area contributed by atoms with E-state index in [2.05, 4.69) is 53.0 Å². The number of rotatable bonds is 3. The largest absolute Gasteiger partial charge is 0.369 e. The number of benzene rings is 1. The first kappa shape index (κ1) is 12.2. The van der Waals surface area contributed by atoms with Gasteiger partial charge in [-0.25, -0.2) is 4.98 Å². The SMILES string of the molecule is CCC(c1cccs1)n1c(N)nc2ccc(C)cc21. The van der Waals surface area contributed by atoms with Crippen LogP contribution in [0, 0.1) is 6.92 Å². The molecule has 0 aliphatic carbocycles.